The maximum Gasteiger partial charge on any atom is 0.137 e. The highest BCUT2D eigenvalue weighted by molar-refractivity contribution is 6.17. The van der Waals surface area contributed by atoms with E-state index < -0.39 is 0 Å². The Hall–Kier alpha value is -5.86. The average Bonchev–Trinajstić information content (AvgIpc) is 3.81. The minimum absolute atomic E-state index is 0.125. The number of nitrogens with zero attached hydrogens (tertiary/aromatic N) is 1. The molecule has 0 atom stereocenters. The van der Waals surface area contributed by atoms with E-state index in [0.29, 0.717) is 0 Å². The van der Waals surface area contributed by atoms with Crippen molar-refractivity contribution in [2.24, 2.45) is 0 Å². The zero-order chi connectivity index (χ0) is 36.0. The first-order valence-corrected chi connectivity index (χ1v) is 18.9. The number of fused-ring (bicyclic) bond motifs is 13. The molecule has 11 rings (SSSR count). The molecule has 0 saturated carbocycles. The quantitative estimate of drug-likeness (QED) is 0.184. The summed E-state index contributed by atoms with van der Waals surface area (Å²) in [5.41, 5.74) is 21.0. The van der Waals surface area contributed by atoms with Gasteiger partial charge in [-0.15, -0.1) is 0 Å². The predicted octanol–water partition coefficient (Wildman–Crippen LogP) is 14.0. The molecule has 0 bridgehead atoms. The summed E-state index contributed by atoms with van der Waals surface area (Å²) in [5, 5.41) is 2.37. The van der Waals surface area contributed by atoms with Gasteiger partial charge in [-0.1, -0.05) is 139 Å². The van der Waals surface area contributed by atoms with Gasteiger partial charge in [0.2, 0.25) is 0 Å². The van der Waals surface area contributed by atoms with Gasteiger partial charge in [-0.25, -0.2) is 0 Å². The minimum atomic E-state index is -0.188. The van der Waals surface area contributed by atoms with Crippen LogP contribution in [0.2, 0.25) is 0 Å². The van der Waals surface area contributed by atoms with Crippen molar-refractivity contribution >= 4 is 39.0 Å². The molecule has 0 unspecified atom stereocenters. The number of anilines is 3. The van der Waals surface area contributed by atoms with Gasteiger partial charge >= 0.3 is 0 Å². The molecule has 2 heteroatoms. The molecule has 3 aliphatic carbocycles. The van der Waals surface area contributed by atoms with E-state index in [9.17, 15) is 0 Å². The predicted molar refractivity (Wildman–Crippen MR) is 221 cm³/mol. The van der Waals surface area contributed by atoms with Crippen LogP contribution in [0.25, 0.3) is 55.3 Å². The van der Waals surface area contributed by atoms with Gasteiger partial charge in [0.05, 0.1) is 11.1 Å². The van der Waals surface area contributed by atoms with E-state index in [2.05, 4.69) is 186 Å². The van der Waals surface area contributed by atoms with Crippen molar-refractivity contribution in [1.29, 1.82) is 0 Å². The molecule has 1 heterocycles. The fraction of sp³-hybridized carbons (Fsp3) is 0.176. The third-order valence-corrected chi connectivity index (χ3v) is 13.0. The number of benzene rings is 7. The SMILES string of the molecule is CC1(C)c2ccccc2-c2ccc(N(c3ccc4c(c3)C(C)(C)c3ccccc3-4)c3cccc4oc5ccc6c(c5c34)C(C)(C)c3ccccc3-6)cc21. The molecule has 3 aliphatic rings. The summed E-state index contributed by atoms with van der Waals surface area (Å²) in [6.45, 7) is 14.2. The highest BCUT2D eigenvalue weighted by Crippen LogP contribution is 2.57. The van der Waals surface area contributed by atoms with Crippen molar-refractivity contribution in [3.05, 3.63) is 173 Å². The van der Waals surface area contributed by atoms with E-state index in [-0.39, 0.29) is 16.2 Å². The summed E-state index contributed by atoms with van der Waals surface area (Å²) in [4.78, 5) is 2.50. The molecule has 8 aromatic rings. The molecule has 0 aliphatic heterocycles. The van der Waals surface area contributed by atoms with E-state index in [1.54, 1.807) is 0 Å². The van der Waals surface area contributed by atoms with Crippen LogP contribution in [0.15, 0.2) is 144 Å². The van der Waals surface area contributed by atoms with E-state index in [1.807, 2.05) is 0 Å². The van der Waals surface area contributed by atoms with Gasteiger partial charge in [0.15, 0.2) is 0 Å². The Morgan fingerprint density at radius 3 is 1.40 bits per heavy atom. The van der Waals surface area contributed by atoms with Crippen LogP contribution in [0, 0.1) is 0 Å². The van der Waals surface area contributed by atoms with Crippen LogP contribution in [0.3, 0.4) is 0 Å². The molecule has 53 heavy (non-hydrogen) atoms. The normalized spacial score (nSPS) is 16.2. The Kier molecular flexibility index (Phi) is 5.90. The summed E-state index contributed by atoms with van der Waals surface area (Å²) >= 11 is 0. The van der Waals surface area contributed by atoms with Crippen LogP contribution >= 0.6 is 0 Å². The lowest BCUT2D eigenvalue weighted by molar-refractivity contribution is 0.657. The van der Waals surface area contributed by atoms with Crippen molar-refractivity contribution in [2.75, 3.05) is 4.90 Å². The number of hydrogen-bond donors (Lipinski definition) is 0. The topological polar surface area (TPSA) is 16.4 Å². The molecule has 7 aromatic carbocycles. The molecule has 0 amide bonds. The van der Waals surface area contributed by atoms with Gasteiger partial charge in [-0.2, -0.15) is 0 Å². The number of hydrogen-bond acceptors (Lipinski definition) is 2. The van der Waals surface area contributed by atoms with Crippen LogP contribution in [-0.2, 0) is 16.2 Å². The van der Waals surface area contributed by atoms with Crippen LogP contribution in [0.5, 0.6) is 0 Å². The van der Waals surface area contributed by atoms with E-state index in [4.69, 9.17) is 4.42 Å². The molecule has 0 fully saturated rings. The second-order valence-electron chi connectivity index (χ2n) is 16.9. The smallest absolute Gasteiger partial charge is 0.137 e. The summed E-state index contributed by atoms with van der Waals surface area (Å²) in [6.07, 6.45) is 0. The van der Waals surface area contributed by atoms with Gasteiger partial charge < -0.3 is 9.32 Å². The lowest BCUT2D eigenvalue weighted by atomic mass is 9.80. The molecular formula is C51H41NO. The number of furan rings is 1. The largest absolute Gasteiger partial charge is 0.456 e. The molecule has 0 spiro atoms. The summed E-state index contributed by atoms with van der Waals surface area (Å²) in [5.74, 6) is 0. The first-order chi connectivity index (χ1) is 25.6. The van der Waals surface area contributed by atoms with E-state index in [1.165, 1.54) is 72.1 Å². The van der Waals surface area contributed by atoms with Gasteiger partial charge in [0.1, 0.15) is 11.2 Å². The van der Waals surface area contributed by atoms with Crippen molar-refractivity contribution < 1.29 is 4.42 Å². The summed E-state index contributed by atoms with van der Waals surface area (Å²) < 4.78 is 6.80. The second-order valence-corrected chi connectivity index (χ2v) is 16.9. The van der Waals surface area contributed by atoms with Gasteiger partial charge in [0.25, 0.3) is 0 Å². The maximum absolute atomic E-state index is 6.80. The Labute approximate surface area is 311 Å². The fourth-order valence-electron chi connectivity index (χ4n) is 10.4. The van der Waals surface area contributed by atoms with Crippen LogP contribution < -0.4 is 4.90 Å². The first kappa shape index (κ1) is 30.7. The summed E-state index contributed by atoms with van der Waals surface area (Å²) in [7, 11) is 0. The summed E-state index contributed by atoms with van der Waals surface area (Å²) in [6, 6.07) is 52.1. The van der Waals surface area contributed by atoms with Crippen LogP contribution in [0.4, 0.5) is 17.1 Å². The van der Waals surface area contributed by atoms with Crippen LogP contribution in [0.1, 0.15) is 74.9 Å². The van der Waals surface area contributed by atoms with Gasteiger partial charge in [-0.3, -0.25) is 0 Å². The third-order valence-electron chi connectivity index (χ3n) is 13.0. The lowest BCUT2D eigenvalue weighted by Gasteiger charge is -2.30. The van der Waals surface area contributed by atoms with Crippen molar-refractivity contribution in [3.63, 3.8) is 0 Å². The fourth-order valence-corrected chi connectivity index (χ4v) is 10.4. The molecule has 0 N–H and O–H groups in total. The van der Waals surface area contributed by atoms with E-state index >= 15 is 0 Å². The highest BCUT2D eigenvalue weighted by Gasteiger charge is 2.40. The Morgan fingerprint density at radius 1 is 0.377 bits per heavy atom. The lowest BCUT2D eigenvalue weighted by Crippen LogP contribution is -2.18. The standard InChI is InChI=1S/C51H41NO/c1-49(2)38-17-10-7-14-32(38)35-24-22-30(28-41(35)49)52(31-23-25-36-33-15-8-11-18-39(33)50(3,4)42(36)29-31)43-20-13-21-44-46(43)47-45(53-44)27-26-37-34-16-9-12-19-40(34)51(5,6)48(37)47/h7-29H,1-6H3. The van der Waals surface area contributed by atoms with Gasteiger partial charge in [-0.05, 0) is 109 Å². The average molecular weight is 684 g/mol. The maximum atomic E-state index is 6.80. The molecule has 1 aromatic heterocycles. The van der Waals surface area contributed by atoms with Crippen molar-refractivity contribution in [1.82, 2.24) is 0 Å². The van der Waals surface area contributed by atoms with Crippen molar-refractivity contribution in [3.8, 4) is 33.4 Å². The van der Waals surface area contributed by atoms with Gasteiger partial charge in [0, 0.05) is 33.0 Å². The Bertz CT molecular complexity index is 2770. The Balaban J connectivity index is 1.21. The molecular weight excluding hydrogens is 643 g/mol. The van der Waals surface area contributed by atoms with Crippen LogP contribution in [-0.4, -0.2) is 0 Å². The highest BCUT2D eigenvalue weighted by atomic mass is 16.3. The first-order valence-electron chi connectivity index (χ1n) is 18.9. The molecule has 0 saturated heterocycles. The molecule has 0 radical (unpaired) electrons. The van der Waals surface area contributed by atoms with Crippen molar-refractivity contribution in [2.45, 2.75) is 57.8 Å². The zero-order valence-corrected chi connectivity index (χ0v) is 31.1. The second kappa shape index (κ2) is 10.2. The Morgan fingerprint density at radius 2 is 0.830 bits per heavy atom. The number of rotatable bonds is 3. The zero-order valence-electron chi connectivity index (χ0n) is 31.1. The third kappa shape index (κ3) is 3.88. The minimum Gasteiger partial charge on any atom is -0.456 e. The molecule has 2 nitrogen and oxygen atoms in total. The monoisotopic (exact) mass is 683 g/mol. The van der Waals surface area contributed by atoms with E-state index in [0.717, 1.165) is 33.6 Å². The molecule has 256 valence electrons.